The molecule has 0 bridgehead atoms. The van der Waals surface area contributed by atoms with E-state index in [-0.39, 0.29) is 6.03 Å². The van der Waals surface area contributed by atoms with Crippen LogP contribution in [0.5, 0.6) is 0 Å². The number of rotatable bonds is 4. The van der Waals surface area contributed by atoms with Crippen molar-refractivity contribution in [1.29, 1.82) is 0 Å². The number of urea groups is 1. The fourth-order valence-electron chi connectivity index (χ4n) is 5.07. The minimum atomic E-state index is 0.258. The first-order valence-corrected chi connectivity index (χ1v) is 11.0. The van der Waals surface area contributed by atoms with Crippen molar-refractivity contribution in [3.8, 4) is 0 Å². The molecule has 154 valence electrons. The number of ether oxygens (including phenoxy) is 1. The van der Waals surface area contributed by atoms with Crippen molar-refractivity contribution in [3.63, 3.8) is 0 Å². The van der Waals surface area contributed by atoms with Crippen LogP contribution in [0.3, 0.4) is 0 Å². The van der Waals surface area contributed by atoms with Gasteiger partial charge in [-0.2, -0.15) is 0 Å². The lowest BCUT2D eigenvalue weighted by atomic mass is 9.78. The van der Waals surface area contributed by atoms with Crippen LogP contribution in [0.4, 0.5) is 10.5 Å². The van der Waals surface area contributed by atoms with Gasteiger partial charge in [-0.15, -0.1) is 0 Å². The molecule has 0 atom stereocenters. The molecule has 6 nitrogen and oxygen atoms in total. The molecule has 1 spiro atoms. The summed E-state index contributed by atoms with van der Waals surface area (Å²) in [6.07, 6.45) is 9.38. The molecular weight excluding hydrogens is 352 g/mol. The predicted molar refractivity (Wildman–Crippen MR) is 110 cm³/mol. The number of likely N-dealkylation sites (tertiary alicyclic amines) is 2. The summed E-state index contributed by atoms with van der Waals surface area (Å²) in [6.45, 7) is 9.48. The monoisotopic (exact) mass is 386 g/mol. The number of carbonyl (C=O) groups excluding carboxylic acids is 1. The Morgan fingerprint density at radius 1 is 1.07 bits per heavy atom. The Bertz CT molecular complexity index is 637. The molecule has 1 aromatic rings. The minimum absolute atomic E-state index is 0.258. The largest absolute Gasteiger partial charge is 0.381 e. The van der Waals surface area contributed by atoms with Crippen LogP contribution in [0, 0.1) is 11.3 Å². The third-order valence-corrected chi connectivity index (χ3v) is 7.00. The van der Waals surface area contributed by atoms with E-state index in [4.69, 9.17) is 4.74 Å². The molecule has 0 unspecified atom stereocenters. The zero-order chi connectivity index (χ0) is 19.4. The SMILES string of the molecule is CCOCC1CCN(C(=O)N2CCC3(CC2)CCN(c2ccncc2)C3)CC1. The number of nitrogens with zero attached hydrogens (tertiary/aromatic N) is 4. The van der Waals surface area contributed by atoms with E-state index in [2.05, 4.69) is 31.8 Å². The van der Waals surface area contributed by atoms with Crippen LogP contribution in [-0.4, -0.2) is 73.3 Å². The topological polar surface area (TPSA) is 48.9 Å². The molecule has 0 saturated carbocycles. The molecule has 3 saturated heterocycles. The van der Waals surface area contributed by atoms with E-state index in [0.29, 0.717) is 11.3 Å². The van der Waals surface area contributed by atoms with Gasteiger partial charge in [0, 0.05) is 70.6 Å². The summed E-state index contributed by atoms with van der Waals surface area (Å²) < 4.78 is 5.56. The van der Waals surface area contributed by atoms with E-state index in [0.717, 1.165) is 78.2 Å². The summed E-state index contributed by atoms with van der Waals surface area (Å²) >= 11 is 0. The maximum atomic E-state index is 13.0. The zero-order valence-electron chi connectivity index (χ0n) is 17.2. The first-order valence-electron chi connectivity index (χ1n) is 11.0. The van der Waals surface area contributed by atoms with Gasteiger partial charge in [-0.3, -0.25) is 4.98 Å². The molecular formula is C22H34N4O2. The van der Waals surface area contributed by atoms with Gasteiger partial charge in [0.1, 0.15) is 0 Å². The van der Waals surface area contributed by atoms with Gasteiger partial charge in [0.2, 0.25) is 0 Å². The summed E-state index contributed by atoms with van der Waals surface area (Å²) in [6, 6.07) is 4.47. The fraction of sp³-hybridized carbons (Fsp3) is 0.727. The van der Waals surface area contributed by atoms with Crippen LogP contribution in [0.1, 0.15) is 39.0 Å². The number of carbonyl (C=O) groups is 1. The number of aromatic nitrogens is 1. The van der Waals surface area contributed by atoms with Gasteiger partial charge in [-0.05, 0) is 62.5 Å². The maximum absolute atomic E-state index is 13.0. The van der Waals surface area contributed by atoms with Gasteiger partial charge in [0.15, 0.2) is 0 Å². The number of hydrogen-bond acceptors (Lipinski definition) is 4. The lowest BCUT2D eigenvalue weighted by molar-refractivity contribution is 0.0661. The van der Waals surface area contributed by atoms with Crippen LogP contribution in [0.15, 0.2) is 24.5 Å². The molecule has 4 heterocycles. The Hall–Kier alpha value is -1.82. The second-order valence-corrected chi connectivity index (χ2v) is 8.74. The highest BCUT2D eigenvalue weighted by Gasteiger charge is 2.42. The van der Waals surface area contributed by atoms with E-state index in [1.807, 2.05) is 19.3 Å². The van der Waals surface area contributed by atoms with Gasteiger partial charge in [-0.25, -0.2) is 4.79 Å². The summed E-state index contributed by atoms with van der Waals surface area (Å²) in [5, 5.41) is 0. The lowest BCUT2D eigenvalue weighted by Gasteiger charge is -2.42. The average Bonchev–Trinajstić information content (AvgIpc) is 3.17. The van der Waals surface area contributed by atoms with E-state index < -0.39 is 0 Å². The quantitative estimate of drug-likeness (QED) is 0.797. The molecule has 0 N–H and O–H groups in total. The van der Waals surface area contributed by atoms with Gasteiger partial charge < -0.3 is 19.4 Å². The predicted octanol–water partition coefficient (Wildman–Crippen LogP) is 3.24. The van der Waals surface area contributed by atoms with Crippen LogP contribution in [-0.2, 0) is 4.74 Å². The Balaban J connectivity index is 1.25. The Morgan fingerprint density at radius 2 is 1.71 bits per heavy atom. The Kier molecular flexibility index (Phi) is 6.04. The molecule has 28 heavy (non-hydrogen) atoms. The fourth-order valence-corrected chi connectivity index (χ4v) is 5.07. The van der Waals surface area contributed by atoms with Crippen molar-refractivity contribution in [2.45, 2.75) is 39.0 Å². The van der Waals surface area contributed by atoms with Crippen molar-refractivity contribution in [1.82, 2.24) is 14.8 Å². The second-order valence-electron chi connectivity index (χ2n) is 8.74. The maximum Gasteiger partial charge on any atom is 0.319 e. The average molecular weight is 387 g/mol. The molecule has 4 rings (SSSR count). The van der Waals surface area contributed by atoms with Crippen molar-refractivity contribution in [2.24, 2.45) is 11.3 Å². The molecule has 0 radical (unpaired) electrons. The highest BCUT2D eigenvalue weighted by molar-refractivity contribution is 5.74. The van der Waals surface area contributed by atoms with Crippen molar-refractivity contribution >= 4 is 11.7 Å². The smallest absolute Gasteiger partial charge is 0.319 e. The van der Waals surface area contributed by atoms with Crippen LogP contribution in [0.25, 0.3) is 0 Å². The highest BCUT2D eigenvalue weighted by atomic mass is 16.5. The number of anilines is 1. The number of amides is 2. The number of hydrogen-bond donors (Lipinski definition) is 0. The minimum Gasteiger partial charge on any atom is -0.381 e. The Morgan fingerprint density at radius 3 is 2.39 bits per heavy atom. The second kappa shape index (κ2) is 8.68. The van der Waals surface area contributed by atoms with Crippen molar-refractivity contribution < 1.29 is 9.53 Å². The summed E-state index contributed by atoms with van der Waals surface area (Å²) in [7, 11) is 0. The van der Waals surface area contributed by atoms with Gasteiger partial charge >= 0.3 is 6.03 Å². The Labute approximate surface area is 168 Å². The molecule has 1 aromatic heterocycles. The lowest BCUT2D eigenvalue weighted by Crippen LogP contribution is -2.51. The van der Waals surface area contributed by atoms with Crippen LogP contribution in [0.2, 0.25) is 0 Å². The van der Waals surface area contributed by atoms with Crippen LogP contribution < -0.4 is 4.90 Å². The first kappa shape index (κ1) is 19.5. The third kappa shape index (κ3) is 4.27. The summed E-state index contributed by atoms with van der Waals surface area (Å²) in [5.74, 6) is 0.617. The van der Waals surface area contributed by atoms with E-state index >= 15 is 0 Å². The standard InChI is InChI=1S/C22H34N4O2/c1-2-28-17-19-5-12-24(13-6-19)21(27)25-14-7-22(8-15-25)9-16-26(18-22)20-3-10-23-11-4-20/h3-4,10-11,19H,2,5-9,12-18H2,1H3. The normalized spacial score (nSPS) is 22.8. The van der Waals surface area contributed by atoms with E-state index in [1.165, 1.54) is 12.1 Å². The van der Waals surface area contributed by atoms with Gasteiger partial charge in [0.25, 0.3) is 0 Å². The highest BCUT2D eigenvalue weighted by Crippen LogP contribution is 2.42. The third-order valence-electron chi connectivity index (χ3n) is 7.00. The summed E-state index contributed by atoms with van der Waals surface area (Å²) in [4.78, 5) is 23.8. The number of piperidine rings is 2. The molecule has 3 fully saturated rings. The van der Waals surface area contributed by atoms with Gasteiger partial charge in [-0.1, -0.05) is 0 Å². The van der Waals surface area contributed by atoms with E-state index in [1.54, 1.807) is 0 Å². The van der Waals surface area contributed by atoms with Crippen molar-refractivity contribution in [3.05, 3.63) is 24.5 Å². The first-order chi connectivity index (χ1) is 13.7. The molecule has 0 aliphatic carbocycles. The summed E-state index contributed by atoms with van der Waals surface area (Å²) in [5.41, 5.74) is 1.66. The molecule has 6 heteroatoms. The molecule has 3 aliphatic heterocycles. The number of pyridine rings is 1. The van der Waals surface area contributed by atoms with Crippen LogP contribution >= 0.6 is 0 Å². The molecule has 2 amide bonds. The zero-order valence-corrected chi connectivity index (χ0v) is 17.2. The molecule has 3 aliphatic rings. The van der Waals surface area contributed by atoms with Gasteiger partial charge in [0.05, 0.1) is 0 Å². The van der Waals surface area contributed by atoms with E-state index in [9.17, 15) is 4.79 Å². The van der Waals surface area contributed by atoms with Crippen molar-refractivity contribution in [2.75, 3.05) is 57.4 Å². The molecule has 0 aromatic carbocycles.